The number of hydrogen-bond acceptors (Lipinski definition) is 6. The van der Waals surface area contributed by atoms with Crippen molar-refractivity contribution in [3.05, 3.63) is 0 Å². The van der Waals surface area contributed by atoms with Gasteiger partial charge in [-0.2, -0.15) is 0 Å². The van der Waals surface area contributed by atoms with Crippen LogP contribution in [0, 0.1) is 11.3 Å². The highest BCUT2D eigenvalue weighted by Crippen LogP contribution is 2.50. The van der Waals surface area contributed by atoms with Crippen molar-refractivity contribution < 1.29 is 28.5 Å². The number of ketones is 1. The number of Topliss-reactive ketones (excluding diaryl/α,β-unsaturated/α-hetero) is 1. The van der Waals surface area contributed by atoms with Crippen molar-refractivity contribution in [1.82, 2.24) is 0 Å². The molecule has 2 saturated heterocycles. The van der Waals surface area contributed by atoms with Gasteiger partial charge in [-0.25, -0.2) is 0 Å². The zero-order valence-electron chi connectivity index (χ0n) is 15.3. The first-order chi connectivity index (χ1) is 11.9. The van der Waals surface area contributed by atoms with Crippen LogP contribution in [0.15, 0.2) is 0 Å². The molecule has 0 radical (unpaired) electrons. The van der Waals surface area contributed by atoms with Crippen LogP contribution in [0.4, 0.5) is 0 Å². The zero-order chi connectivity index (χ0) is 17.8. The van der Waals surface area contributed by atoms with E-state index in [1.807, 2.05) is 20.8 Å². The first kappa shape index (κ1) is 17.4. The van der Waals surface area contributed by atoms with Crippen LogP contribution in [0.5, 0.6) is 0 Å². The smallest absolute Gasteiger partial charge is 0.312 e. The van der Waals surface area contributed by atoms with Crippen LogP contribution in [-0.2, 0) is 28.5 Å². The van der Waals surface area contributed by atoms with Gasteiger partial charge in [0.15, 0.2) is 24.0 Å². The van der Waals surface area contributed by atoms with E-state index in [1.54, 1.807) is 0 Å². The minimum Gasteiger partial charge on any atom is -0.451 e. The summed E-state index contributed by atoms with van der Waals surface area (Å²) in [6.45, 7) is 5.59. The van der Waals surface area contributed by atoms with Crippen molar-refractivity contribution in [2.45, 2.75) is 96.1 Å². The molecule has 0 aromatic carbocycles. The Morgan fingerprint density at radius 3 is 2.60 bits per heavy atom. The van der Waals surface area contributed by atoms with Gasteiger partial charge < -0.3 is 18.9 Å². The van der Waals surface area contributed by atoms with E-state index in [2.05, 4.69) is 0 Å². The fraction of sp³-hybridized carbons (Fsp3) is 0.895. The lowest BCUT2D eigenvalue weighted by atomic mass is 9.90. The second kappa shape index (κ2) is 6.03. The van der Waals surface area contributed by atoms with Crippen molar-refractivity contribution in [3.63, 3.8) is 0 Å². The van der Waals surface area contributed by atoms with E-state index in [-0.39, 0.29) is 23.8 Å². The molecule has 1 spiro atoms. The predicted molar refractivity (Wildman–Crippen MR) is 87.5 cm³/mol. The average Bonchev–Trinajstić information content (AvgIpc) is 3.17. The van der Waals surface area contributed by atoms with E-state index in [4.69, 9.17) is 18.9 Å². The third kappa shape index (κ3) is 2.82. The molecule has 4 aliphatic rings. The molecule has 0 aromatic rings. The Kier molecular flexibility index (Phi) is 4.21. The zero-order valence-corrected chi connectivity index (χ0v) is 15.3. The standard InChI is InChI=1S/C19H28O6/c1-4-18(2,3)17(21)23-15-12(20)10-11-13(15)22-16-14(11)24-19(25-16)8-6-5-7-9-19/h11,13-16H,4-10H2,1-3H3/t11-,13-,14+,15?,16?/m0/s1. The fourth-order valence-electron chi connectivity index (χ4n) is 4.39. The SMILES string of the molecule is CCC(C)(C)C(=O)OC1C(=O)C[C@H]2[C@@H]1OC1OC3(CCCCC3)O[C@@H]12. The maximum Gasteiger partial charge on any atom is 0.312 e. The predicted octanol–water partition coefficient (Wildman–Crippen LogP) is 2.72. The molecule has 2 unspecified atom stereocenters. The van der Waals surface area contributed by atoms with Gasteiger partial charge >= 0.3 is 5.97 Å². The maximum absolute atomic E-state index is 12.4. The van der Waals surface area contributed by atoms with Gasteiger partial charge in [0, 0.05) is 25.2 Å². The number of hydrogen-bond donors (Lipinski definition) is 0. The van der Waals surface area contributed by atoms with Crippen molar-refractivity contribution in [1.29, 1.82) is 0 Å². The van der Waals surface area contributed by atoms with Crippen molar-refractivity contribution in [2.75, 3.05) is 0 Å². The normalized spacial score (nSPS) is 39.5. The van der Waals surface area contributed by atoms with Gasteiger partial charge in [0.2, 0.25) is 0 Å². The number of esters is 1. The third-order valence-electron chi connectivity index (χ3n) is 6.42. The molecule has 2 saturated carbocycles. The Balaban J connectivity index is 1.45. The lowest BCUT2D eigenvalue weighted by Gasteiger charge is -2.33. The minimum absolute atomic E-state index is 0.0677. The van der Waals surface area contributed by atoms with Gasteiger partial charge in [-0.3, -0.25) is 9.59 Å². The molecule has 4 rings (SSSR count). The lowest BCUT2D eigenvalue weighted by molar-refractivity contribution is -0.246. The fourth-order valence-corrected chi connectivity index (χ4v) is 4.39. The van der Waals surface area contributed by atoms with Gasteiger partial charge in [0.1, 0.15) is 12.2 Å². The average molecular weight is 352 g/mol. The van der Waals surface area contributed by atoms with Gasteiger partial charge in [-0.05, 0) is 33.1 Å². The van der Waals surface area contributed by atoms with Crippen LogP contribution in [-0.4, -0.2) is 42.1 Å². The molecule has 6 nitrogen and oxygen atoms in total. The first-order valence-corrected chi connectivity index (χ1v) is 9.60. The van der Waals surface area contributed by atoms with Crippen molar-refractivity contribution in [2.24, 2.45) is 11.3 Å². The summed E-state index contributed by atoms with van der Waals surface area (Å²) < 4.78 is 24.0. The van der Waals surface area contributed by atoms with Crippen molar-refractivity contribution in [3.8, 4) is 0 Å². The van der Waals surface area contributed by atoms with Gasteiger partial charge in [0.25, 0.3) is 0 Å². The minimum atomic E-state index is -0.830. The van der Waals surface area contributed by atoms with Crippen LogP contribution in [0.2, 0.25) is 0 Å². The molecule has 4 fully saturated rings. The molecule has 2 aliphatic carbocycles. The molecule has 2 aliphatic heterocycles. The van der Waals surface area contributed by atoms with Crippen LogP contribution < -0.4 is 0 Å². The molecular weight excluding hydrogens is 324 g/mol. The molecule has 0 amide bonds. The van der Waals surface area contributed by atoms with E-state index < -0.39 is 29.7 Å². The van der Waals surface area contributed by atoms with Crippen LogP contribution in [0.25, 0.3) is 0 Å². The molecular formula is C19H28O6. The Morgan fingerprint density at radius 1 is 1.20 bits per heavy atom. The van der Waals surface area contributed by atoms with Crippen LogP contribution in [0.1, 0.15) is 65.7 Å². The van der Waals surface area contributed by atoms with Crippen LogP contribution >= 0.6 is 0 Å². The van der Waals surface area contributed by atoms with Gasteiger partial charge in [-0.15, -0.1) is 0 Å². The summed E-state index contributed by atoms with van der Waals surface area (Å²) in [5.74, 6) is -1.02. The largest absolute Gasteiger partial charge is 0.451 e. The highest BCUT2D eigenvalue weighted by Gasteiger charge is 2.63. The molecule has 0 aromatic heterocycles. The quantitative estimate of drug-likeness (QED) is 0.727. The maximum atomic E-state index is 12.4. The van der Waals surface area contributed by atoms with Gasteiger partial charge in [0.05, 0.1) is 5.41 Å². The summed E-state index contributed by atoms with van der Waals surface area (Å²) in [5, 5.41) is 0. The molecule has 6 heteroatoms. The number of carbonyl (C=O) groups excluding carboxylic acids is 2. The van der Waals surface area contributed by atoms with E-state index in [0.717, 1.165) is 25.7 Å². The van der Waals surface area contributed by atoms with Crippen molar-refractivity contribution >= 4 is 11.8 Å². The highest BCUT2D eigenvalue weighted by molar-refractivity contribution is 5.89. The first-order valence-electron chi connectivity index (χ1n) is 9.60. The molecule has 25 heavy (non-hydrogen) atoms. The summed E-state index contributed by atoms with van der Waals surface area (Å²) in [6, 6.07) is 0. The molecule has 0 N–H and O–H groups in total. The monoisotopic (exact) mass is 352 g/mol. The van der Waals surface area contributed by atoms with E-state index >= 15 is 0 Å². The summed E-state index contributed by atoms with van der Waals surface area (Å²) in [7, 11) is 0. The Bertz CT molecular complexity index is 564. The number of carbonyl (C=O) groups is 2. The summed E-state index contributed by atoms with van der Waals surface area (Å²) in [4.78, 5) is 24.8. The van der Waals surface area contributed by atoms with E-state index in [1.165, 1.54) is 6.42 Å². The molecule has 2 heterocycles. The Hall–Kier alpha value is -0.980. The lowest BCUT2D eigenvalue weighted by Crippen LogP contribution is -2.40. The Labute approximate surface area is 148 Å². The number of ether oxygens (including phenoxy) is 4. The summed E-state index contributed by atoms with van der Waals surface area (Å²) in [5.41, 5.74) is -0.605. The van der Waals surface area contributed by atoms with Gasteiger partial charge in [-0.1, -0.05) is 13.3 Å². The summed E-state index contributed by atoms with van der Waals surface area (Å²) >= 11 is 0. The number of rotatable bonds is 3. The van der Waals surface area contributed by atoms with Crippen LogP contribution in [0.3, 0.4) is 0 Å². The highest BCUT2D eigenvalue weighted by atomic mass is 16.8. The number of fused-ring (bicyclic) bond motifs is 3. The second-order valence-electron chi connectivity index (χ2n) is 8.54. The summed E-state index contributed by atoms with van der Waals surface area (Å²) in [6.07, 6.45) is 4.21. The molecule has 140 valence electrons. The topological polar surface area (TPSA) is 71.1 Å². The third-order valence-corrected chi connectivity index (χ3v) is 6.42. The molecule has 0 bridgehead atoms. The van der Waals surface area contributed by atoms with E-state index in [0.29, 0.717) is 12.8 Å². The Morgan fingerprint density at radius 2 is 1.92 bits per heavy atom. The van der Waals surface area contributed by atoms with E-state index in [9.17, 15) is 9.59 Å². The second-order valence-corrected chi connectivity index (χ2v) is 8.54. The molecule has 5 atom stereocenters.